The van der Waals surface area contributed by atoms with Gasteiger partial charge >= 0.3 is 0 Å². The summed E-state index contributed by atoms with van der Waals surface area (Å²) in [4.78, 5) is 10.8. The molecule has 7 nitrogen and oxygen atoms in total. The fourth-order valence-corrected chi connectivity index (χ4v) is 5.04. The molecule has 35 heavy (non-hydrogen) atoms. The largest absolute Gasteiger partial charge is 0.487 e. The van der Waals surface area contributed by atoms with Crippen molar-refractivity contribution in [3.05, 3.63) is 83.6 Å². The lowest BCUT2D eigenvalue weighted by molar-refractivity contribution is 0.308. The van der Waals surface area contributed by atoms with Gasteiger partial charge in [0.15, 0.2) is 0 Å². The molecule has 9 heteroatoms. The van der Waals surface area contributed by atoms with Crippen LogP contribution in [0.1, 0.15) is 43.5 Å². The summed E-state index contributed by atoms with van der Waals surface area (Å²) in [7, 11) is -3.38. The van der Waals surface area contributed by atoms with E-state index in [1.54, 1.807) is 12.4 Å². The third kappa shape index (κ3) is 6.81. The van der Waals surface area contributed by atoms with Gasteiger partial charge < -0.3 is 9.64 Å². The van der Waals surface area contributed by atoms with Gasteiger partial charge in [0.2, 0.25) is 10.0 Å². The summed E-state index contributed by atoms with van der Waals surface area (Å²) >= 11 is 6.43. The zero-order valence-corrected chi connectivity index (χ0v) is 21.9. The van der Waals surface area contributed by atoms with E-state index in [0.717, 1.165) is 23.2 Å². The number of sulfonamides is 1. The van der Waals surface area contributed by atoms with Crippen LogP contribution in [0.5, 0.6) is 5.75 Å². The van der Waals surface area contributed by atoms with E-state index in [9.17, 15) is 8.42 Å². The van der Waals surface area contributed by atoms with Gasteiger partial charge in [-0.3, -0.25) is 4.98 Å². The number of fused-ring (bicyclic) bond motifs is 1. The molecule has 0 amide bonds. The summed E-state index contributed by atoms with van der Waals surface area (Å²) in [5.74, 6) is 0.682. The molecule has 0 saturated carbocycles. The number of benzene rings is 1. The number of allylic oxidation sites excluding steroid dienone is 1. The van der Waals surface area contributed by atoms with Crippen LogP contribution in [0.25, 0.3) is 10.9 Å². The SMILES string of the molecule is C=CN(/C=C\C)c1cc(C)nc2c(OCc3c(Cl)cncc3CNS(=O)(=O)CCCC)cccc12. The summed E-state index contributed by atoms with van der Waals surface area (Å²) < 4.78 is 33.3. The third-order valence-electron chi connectivity index (χ3n) is 5.41. The number of pyridine rings is 2. The van der Waals surface area contributed by atoms with E-state index >= 15 is 0 Å². The molecule has 1 N–H and O–H groups in total. The zero-order valence-electron chi connectivity index (χ0n) is 20.3. The van der Waals surface area contributed by atoms with Crippen LogP contribution >= 0.6 is 11.6 Å². The molecular weight excluding hydrogens is 484 g/mol. The van der Waals surface area contributed by atoms with Crippen LogP contribution in [-0.2, 0) is 23.2 Å². The molecule has 0 spiro atoms. The highest BCUT2D eigenvalue weighted by atomic mass is 35.5. The number of nitrogens with zero attached hydrogens (tertiary/aromatic N) is 3. The van der Waals surface area contributed by atoms with E-state index in [2.05, 4.69) is 16.3 Å². The van der Waals surface area contributed by atoms with Crippen LogP contribution in [0.15, 0.2) is 61.7 Å². The van der Waals surface area contributed by atoms with Gasteiger partial charge in [0.05, 0.1) is 16.5 Å². The molecule has 1 aromatic carbocycles. The standard InChI is InChI=1S/C26H31ClN4O3S/c1-5-8-13-35(32,33)29-16-20-15-28-17-23(27)22(20)18-34-25-11-9-10-21-24(31(7-3)12-6-2)14-19(4)30-26(21)25/h6-7,9-12,14-15,17,29H,3,5,8,13,16,18H2,1-2,4H3/b12-6-. The average Bonchev–Trinajstić information content (AvgIpc) is 2.84. The van der Waals surface area contributed by atoms with E-state index in [1.807, 2.05) is 62.2 Å². The first-order chi connectivity index (χ1) is 16.8. The van der Waals surface area contributed by atoms with Crippen LogP contribution in [0.3, 0.4) is 0 Å². The van der Waals surface area contributed by atoms with Crippen molar-refractivity contribution >= 4 is 38.2 Å². The van der Waals surface area contributed by atoms with Crippen molar-refractivity contribution in [2.75, 3.05) is 10.7 Å². The number of rotatable bonds is 12. The van der Waals surface area contributed by atoms with Crippen molar-refractivity contribution in [2.45, 2.75) is 46.8 Å². The summed E-state index contributed by atoms with van der Waals surface area (Å²) in [6, 6.07) is 7.75. The summed E-state index contributed by atoms with van der Waals surface area (Å²) in [5, 5.41) is 1.32. The smallest absolute Gasteiger partial charge is 0.211 e. The average molecular weight is 515 g/mol. The Morgan fingerprint density at radius 2 is 2.09 bits per heavy atom. The van der Waals surface area contributed by atoms with E-state index < -0.39 is 10.0 Å². The predicted octanol–water partition coefficient (Wildman–Crippen LogP) is 5.87. The minimum absolute atomic E-state index is 0.0850. The van der Waals surface area contributed by atoms with Gasteiger partial charge in [-0.25, -0.2) is 18.1 Å². The van der Waals surface area contributed by atoms with Crippen LogP contribution in [0.2, 0.25) is 5.02 Å². The maximum Gasteiger partial charge on any atom is 0.211 e. The maximum absolute atomic E-state index is 12.3. The Bertz CT molecular complexity index is 1330. The molecule has 186 valence electrons. The van der Waals surface area contributed by atoms with Crippen molar-refractivity contribution in [3.63, 3.8) is 0 Å². The minimum Gasteiger partial charge on any atom is -0.487 e. The maximum atomic E-state index is 12.3. The Morgan fingerprint density at radius 1 is 1.29 bits per heavy atom. The predicted molar refractivity (Wildman–Crippen MR) is 143 cm³/mol. The number of nitrogens with one attached hydrogen (secondary N) is 1. The van der Waals surface area contributed by atoms with Gasteiger partial charge in [-0.15, -0.1) is 0 Å². The fraction of sp³-hybridized carbons (Fsp3) is 0.308. The van der Waals surface area contributed by atoms with E-state index in [1.165, 1.54) is 6.20 Å². The molecule has 2 aromatic heterocycles. The number of aromatic nitrogens is 2. The van der Waals surface area contributed by atoms with Crippen LogP contribution in [0.4, 0.5) is 5.69 Å². The van der Waals surface area contributed by atoms with Crippen molar-refractivity contribution in [3.8, 4) is 5.75 Å². The van der Waals surface area contributed by atoms with Gasteiger partial charge in [-0.1, -0.05) is 49.7 Å². The molecule has 0 atom stereocenters. The number of anilines is 1. The van der Waals surface area contributed by atoms with Crippen LogP contribution in [0, 0.1) is 6.92 Å². The second-order valence-corrected chi connectivity index (χ2v) is 10.4. The first-order valence-corrected chi connectivity index (χ1v) is 13.5. The summed E-state index contributed by atoms with van der Waals surface area (Å²) in [5.41, 5.74) is 3.82. The lowest BCUT2D eigenvalue weighted by Crippen LogP contribution is -2.26. The highest BCUT2D eigenvalue weighted by molar-refractivity contribution is 7.89. The molecule has 2 heterocycles. The Labute approximate surface area is 212 Å². The molecular formula is C26H31ClN4O3S. The molecule has 0 aliphatic carbocycles. The van der Waals surface area contributed by atoms with Crippen LogP contribution in [-0.4, -0.2) is 24.1 Å². The molecule has 0 aliphatic heterocycles. The quantitative estimate of drug-likeness (QED) is 0.325. The van der Waals surface area contributed by atoms with Crippen molar-refractivity contribution in [2.24, 2.45) is 0 Å². The zero-order chi connectivity index (χ0) is 25.4. The lowest BCUT2D eigenvalue weighted by Gasteiger charge is -2.19. The molecule has 0 aliphatic rings. The van der Waals surface area contributed by atoms with Gasteiger partial charge in [0.25, 0.3) is 0 Å². The highest BCUT2D eigenvalue weighted by Gasteiger charge is 2.16. The normalized spacial score (nSPS) is 11.8. The fourth-order valence-electron chi connectivity index (χ4n) is 3.62. The van der Waals surface area contributed by atoms with E-state index in [-0.39, 0.29) is 18.9 Å². The lowest BCUT2D eigenvalue weighted by atomic mass is 10.1. The number of hydrogen-bond donors (Lipinski definition) is 1. The molecule has 0 fully saturated rings. The molecule has 0 bridgehead atoms. The van der Waals surface area contributed by atoms with Gasteiger partial charge in [-0.2, -0.15) is 0 Å². The molecule has 0 radical (unpaired) electrons. The number of unbranched alkanes of at least 4 members (excludes halogenated alkanes) is 1. The number of para-hydroxylation sites is 1. The third-order valence-corrected chi connectivity index (χ3v) is 7.14. The molecule has 3 aromatic rings. The number of halogens is 1. The van der Waals surface area contributed by atoms with E-state index in [4.69, 9.17) is 21.3 Å². The van der Waals surface area contributed by atoms with Crippen LogP contribution < -0.4 is 14.4 Å². The van der Waals surface area contributed by atoms with Gasteiger partial charge in [-0.05, 0) is 38.0 Å². The Hall–Kier alpha value is -2.94. The first kappa shape index (κ1) is 26.7. The van der Waals surface area contributed by atoms with Crippen molar-refractivity contribution < 1.29 is 13.2 Å². The Balaban J connectivity index is 1.90. The highest BCUT2D eigenvalue weighted by Crippen LogP contribution is 2.33. The van der Waals surface area contributed by atoms with Gasteiger partial charge in [0.1, 0.15) is 17.9 Å². The van der Waals surface area contributed by atoms with Gasteiger partial charge in [0, 0.05) is 48.0 Å². The number of ether oxygens (including phenoxy) is 1. The number of hydrogen-bond acceptors (Lipinski definition) is 6. The van der Waals surface area contributed by atoms with E-state index in [0.29, 0.717) is 33.8 Å². The van der Waals surface area contributed by atoms with Crippen molar-refractivity contribution in [1.82, 2.24) is 14.7 Å². The Morgan fingerprint density at radius 3 is 2.80 bits per heavy atom. The minimum atomic E-state index is -3.38. The monoisotopic (exact) mass is 514 g/mol. The second kappa shape index (κ2) is 12.2. The second-order valence-electron chi connectivity index (χ2n) is 8.05. The number of aryl methyl sites for hydroxylation is 1. The summed E-state index contributed by atoms with van der Waals surface area (Å²) in [6.07, 6.45) is 10.1. The Kier molecular flexibility index (Phi) is 9.26. The van der Waals surface area contributed by atoms with Crippen molar-refractivity contribution in [1.29, 1.82) is 0 Å². The topological polar surface area (TPSA) is 84.4 Å². The molecule has 0 unspecified atom stereocenters. The molecule has 0 saturated heterocycles. The molecule has 3 rings (SSSR count). The first-order valence-electron chi connectivity index (χ1n) is 11.4. The summed E-state index contributed by atoms with van der Waals surface area (Å²) in [6.45, 7) is 9.97.